The van der Waals surface area contributed by atoms with Crippen LogP contribution in [0.4, 0.5) is 10.2 Å². The minimum absolute atomic E-state index is 0.131. The molecule has 1 fully saturated rings. The molecule has 4 rings (SSSR count). The molecule has 1 aliphatic rings. The summed E-state index contributed by atoms with van der Waals surface area (Å²) < 4.78 is 14.2. The molecule has 0 atom stereocenters. The first-order chi connectivity index (χ1) is 13.1. The number of benzene rings is 2. The molecule has 3 aromatic rings. The molecule has 0 radical (unpaired) electrons. The van der Waals surface area contributed by atoms with Crippen molar-refractivity contribution >= 4 is 28.3 Å². The van der Waals surface area contributed by atoms with Crippen LogP contribution in [0.5, 0.6) is 0 Å². The number of aryl methyl sites for hydroxylation is 1. The summed E-state index contributed by atoms with van der Waals surface area (Å²) in [5, 5.41) is 7.79. The van der Waals surface area contributed by atoms with Gasteiger partial charge in [0, 0.05) is 17.5 Å². The van der Waals surface area contributed by atoms with Gasteiger partial charge in [-0.3, -0.25) is 0 Å². The molecule has 1 saturated heterocycles. The van der Waals surface area contributed by atoms with Crippen LogP contribution in [0.15, 0.2) is 36.4 Å². The van der Waals surface area contributed by atoms with Crippen molar-refractivity contribution < 1.29 is 4.39 Å². The van der Waals surface area contributed by atoms with Crippen LogP contribution >= 0.6 is 11.6 Å². The van der Waals surface area contributed by atoms with Crippen LogP contribution in [0.2, 0.25) is 5.02 Å². The lowest BCUT2D eigenvalue weighted by Crippen LogP contribution is -2.26. The molecule has 0 bridgehead atoms. The Morgan fingerprint density at radius 3 is 2.81 bits per heavy atom. The summed E-state index contributed by atoms with van der Waals surface area (Å²) in [7, 11) is 0. The lowest BCUT2D eigenvalue weighted by molar-refractivity contribution is 0.460. The summed E-state index contributed by atoms with van der Waals surface area (Å²) in [6, 6.07) is 11.4. The van der Waals surface area contributed by atoms with Crippen LogP contribution in [0.25, 0.3) is 10.9 Å². The van der Waals surface area contributed by atoms with Crippen molar-refractivity contribution in [1.29, 1.82) is 0 Å². The lowest BCUT2D eigenvalue weighted by Gasteiger charge is -2.23. The number of nitrogens with zero attached hydrogens (tertiary/aromatic N) is 2. The summed E-state index contributed by atoms with van der Waals surface area (Å²) in [6.45, 7) is 4.28. The number of anilines is 1. The van der Waals surface area contributed by atoms with Crippen LogP contribution in [-0.4, -0.2) is 23.1 Å². The fraction of sp³-hybridized carbons (Fsp3) is 0.333. The van der Waals surface area contributed by atoms with Gasteiger partial charge < -0.3 is 10.6 Å². The third kappa shape index (κ3) is 3.89. The molecule has 4 nitrogen and oxygen atoms in total. The number of fused-ring (bicyclic) bond motifs is 1. The Bertz CT molecular complexity index is 970. The van der Waals surface area contributed by atoms with Crippen LogP contribution in [-0.2, 0) is 6.54 Å². The van der Waals surface area contributed by atoms with E-state index in [0.29, 0.717) is 23.9 Å². The molecule has 2 aromatic carbocycles. The van der Waals surface area contributed by atoms with E-state index in [4.69, 9.17) is 11.6 Å². The highest BCUT2D eigenvalue weighted by molar-refractivity contribution is 6.30. The number of nitrogens with one attached hydrogen (secondary N) is 2. The van der Waals surface area contributed by atoms with Crippen LogP contribution in [0.3, 0.4) is 0 Å². The normalized spacial score (nSPS) is 15.2. The first-order valence-electron chi connectivity index (χ1n) is 9.27. The fourth-order valence-corrected chi connectivity index (χ4v) is 3.86. The monoisotopic (exact) mass is 384 g/mol. The van der Waals surface area contributed by atoms with Crippen molar-refractivity contribution in [1.82, 2.24) is 15.3 Å². The Labute approximate surface area is 163 Å². The second-order valence-electron chi connectivity index (χ2n) is 6.99. The Morgan fingerprint density at radius 2 is 2.00 bits per heavy atom. The zero-order chi connectivity index (χ0) is 18.8. The largest absolute Gasteiger partial charge is 0.365 e. The minimum Gasteiger partial charge on any atom is -0.365 e. The van der Waals surface area contributed by atoms with Gasteiger partial charge in [-0.15, -0.1) is 0 Å². The van der Waals surface area contributed by atoms with Crippen molar-refractivity contribution in [3.8, 4) is 0 Å². The first kappa shape index (κ1) is 18.1. The van der Waals surface area contributed by atoms with Gasteiger partial charge in [-0.05, 0) is 62.5 Å². The second kappa shape index (κ2) is 7.79. The third-order valence-corrected chi connectivity index (χ3v) is 5.41. The van der Waals surface area contributed by atoms with E-state index in [0.717, 1.165) is 42.7 Å². The molecule has 2 heterocycles. The third-order valence-electron chi connectivity index (χ3n) is 5.12. The molecular weight excluding hydrogens is 363 g/mol. The standard InChI is InChI=1S/C21H22ClFN4/c1-13-26-19-6-5-15(14-7-9-24-10-8-14)11-17(19)21(27-13)25-12-16-3-2-4-18(22)20(16)23/h2-6,11,14,24H,7-10,12H2,1H3,(H,25,26,27). The van der Waals surface area contributed by atoms with Gasteiger partial charge in [-0.25, -0.2) is 14.4 Å². The molecule has 0 amide bonds. The van der Waals surface area contributed by atoms with E-state index in [1.165, 1.54) is 5.56 Å². The maximum Gasteiger partial charge on any atom is 0.146 e. The second-order valence-corrected chi connectivity index (χ2v) is 7.39. The van der Waals surface area contributed by atoms with Gasteiger partial charge in [0.1, 0.15) is 17.5 Å². The van der Waals surface area contributed by atoms with E-state index >= 15 is 0 Å². The molecule has 140 valence electrons. The molecule has 0 aliphatic carbocycles. The minimum atomic E-state index is -0.392. The first-order valence-corrected chi connectivity index (χ1v) is 9.65. The highest BCUT2D eigenvalue weighted by atomic mass is 35.5. The van der Waals surface area contributed by atoms with E-state index in [-0.39, 0.29) is 5.02 Å². The Hall–Kier alpha value is -2.24. The molecule has 0 unspecified atom stereocenters. The van der Waals surface area contributed by atoms with Gasteiger partial charge in [-0.2, -0.15) is 0 Å². The average Bonchev–Trinajstić information content (AvgIpc) is 2.69. The quantitative estimate of drug-likeness (QED) is 0.677. The average molecular weight is 385 g/mol. The molecule has 0 spiro atoms. The summed E-state index contributed by atoms with van der Waals surface area (Å²) in [6.07, 6.45) is 2.27. The summed E-state index contributed by atoms with van der Waals surface area (Å²) in [5.41, 5.74) is 2.73. The molecule has 1 aliphatic heterocycles. The molecule has 6 heteroatoms. The van der Waals surface area contributed by atoms with Crippen LogP contribution in [0.1, 0.15) is 35.7 Å². The topological polar surface area (TPSA) is 49.8 Å². The molecule has 27 heavy (non-hydrogen) atoms. The molecule has 1 aromatic heterocycles. The molecule has 2 N–H and O–H groups in total. The van der Waals surface area contributed by atoms with E-state index in [1.54, 1.807) is 18.2 Å². The highest BCUT2D eigenvalue weighted by Gasteiger charge is 2.17. The van der Waals surface area contributed by atoms with Crippen molar-refractivity contribution in [3.63, 3.8) is 0 Å². The van der Waals surface area contributed by atoms with Crippen molar-refractivity contribution in [3.05, 3.63) is 64.2 Å². The maximum atomic E-state index is 14.2. The molecule has 0 saturated carbocycles. The number of rotatable bonds is 4. The predicted octanol–water partition coefficient (Wildman–Crippen LogP) is 4.81. The lowest BCUT2D eigenvalue weighted by atomic mass is 9.89. The Balaban J connectivity index is 1.66. The van der Waals surface area contributed by atoms with Crippen molar-refractivity contribution in [2.75, 3.05) is 18.4 Å². The number of hydrogen-bond acceptors (Lipinski definition) is 4. The number of hydrogen-bond donors (Lipinski definition) is 2. The van der Waals surface area contributed by atoms with E-state index < -0.39 is 5.82 Å². The summed E-state index contributed by atoms with van der Waals surface area (Å²) in [4.78, 5) is 9.12. The van der Waals surface area contributed by atoms with Gasteiger partial charge in [0.2, 0.25) is 0 Å². The van der Waals surface area contributed by atoms with Crippen LogP contribution < -0.4 is 10.6 Å². The van der Waals surface area contributed by atoms with Crippen molar-refractivity contribution in [2.24, 2.45) is 0 Å². The molecular formula is C21H22ClFN4. The van der Waals surface area contributed by atoms with E-state index in [1.807, 2.05) is 6.92 Å². The van der Waals surface area contributed by atoms with Crippen LogP contribution in [0, 0.1) is 12.7 Å². The highest BCUT2D eigenvalue weighted by Crippen LogP contribution is 2.30. The van der Waals surface area contributed by atoms with Gasteiger partial charge in [0.25, 0.3) is 0 Å². The Morgan fingerprint density at radius 1 is 1.19 bits per heavy atom. The van der Waals surface area contributed by atoms with E-state index in [9.17, 15) is 4.39 Å². The summed E-state index contributed by atoms with van der Waals surface area (Å²) >= 11 is 5.89. The predicted molar refractivity (Wildman–Crippen MR) is 108 cm³/mol. The number of piperidine rings is 1. The van der Waals surface area contributed by atoms with Gasteiger partial charge in [-0.1, -0.05) is 29.8 Å². The number of aromatic nitrogens is 2. The smallest absolute Gasteiger partial charge is 0.146 e. The van der Waals surface area contributed by atoms with Gasteiger partial charge >= 0.3 is 0 Å². The number of halogens is 2. The summed E-state index contributed by atoms with van der Waals surface area (Å²) in [5.74, 6) is 1.58. The SMILES string of the molecule is Cc1nc(NCc2cccc(Cl)c2F)c2cc(C3CCNCC3)ccc2n1. The van der Waals surface area contributed by atoms with Gasteiger partial charge in [0.15, 0.2) is 0 Å². The van der Waals surface area contributed by atoms with Crippen molar-refractivity contribution in [2.45, 2.75) is 32.2 Å². The zero-order valence-corrected chi connectivity index (χ0v) is 16.0. The maximum absolute atomic E-state index is 14.2. The zero-order valence-electron chi connectivity index (χ0n) is 15.2. The van der Waals surface area contributed by atoms with E-state index in [2.05, 4.69) is 38.8 Å². The van der Waals surface area contributed by atoms with Gasteiger partial charge in [0.05, 0.1) is 10.5 Å². The Kier molecular flexibility index (Phi) is 5.23. The fourth-order valence-electron chi connectivity index (χ4n) is 3.67.